The third-order valence-electron chi connectivity index (χ3n) is 5.21. The molecule has 6 heteroatoms. The molecule has 2 fully saturated rings. The number of hydrogen-bond acceptors (Lipinski definition) is 4. The maximum absolute atomic E-state index is 12.7. The Labute approximate surface area is 162 Å². The second-order valence-electron chi connectivity index (χ2n) is 7.53. The number of nitrogens with one attached hydrogen (secondary N) is 1. The minimum atomic E-state index is -0.231. The molecule has 2 aliphatic carbocycles. The van der Waals surface area contributed by atoms with Crippen LogP contribution in [0, 0.1) is 0 Å². The van der Waals surface area contributed by atoms with Crippen LogP contribution in [0.2, 0.25) is 0 Å². The molecule has 138 valence electrons. The Hall–Kier alpha value is -2.34. The van der Waals surface area contributed by atoms with Crippen LogP contribution in [0.1, 0.15) is 50.4 Å². The Bertz CT molecular complexity index is 1010. The summed E-state index contributed by atoms with van der Waals surface area (Å²) >= 11 is 1.51. The molecule has 27 heavy (non-hydrogen) atoms. The third-order valence-corrected chi connectivity index (χ3v) is 6.27. The number of amides is 1. The van der Waals surface area contributed by atoms with Crippen molar-refractivity contribution in [1.29, 1.82) is 0 Å². The van der Waals surface area contributed by atoms with Gasteiger partial charge in [0.25, 0.3) is 0 Å². The lowest BCUT2D eigenvalue weighted by atomic mass is 10.1. The van der Waals surface area contributed by atoms with Gasteiger partial charge in [-0.05, 0) is 55.5 Å². The molecule has 5 rings (SSSR count). The minimum Gasteiger partial charge on any atom is -0.325 e. The number of thioether (sulfide) groups is 1. The summed E-state index contributed by atoms with van der Waals surface area (Å²) in [6, 6.07) is 14.7. The molecule has 0 radical (unpaired) electrons. The Kier molecular flexibility index (Phi) is 4.16. The van der Waals surface area contributed by atoms with Crippen molar-refractivity contribution >= 4 is 34.1 Å². The van der Waals surface area contributed by atoms with Gasteiger partial charge in [0.05, 0.1) is 5.25 Å². The van der Waals surface area contributed by atoms with Crippen LogP contribution < -0.4 is 5.32 Å². The zero-order valence-corrected chi connectivity index (χ0v) is 16.1. The number of fused-ring (bicyclic) bond motifs is 1. The van der Waals surface area contributed by atoms with Crippen molar-refractivity contribution in [2.45, 2.75) is 55.0 Å². The van der Waals surface area contributed by atoms with Gasteiger partial charge in [-0.25, -0.2) is 0 Å². The normalized spacial score (nSPS) is 17.8. The fourth-order valence-corrected chi connectivity index (χ4v) is 4.31. The zero-order valence-electron chi connectivity index (χ0n) is 15.3. The number of nitrogens with zero attached hydrogens (tertiary/aromatic N) is 3. The van der Waals surface area contributed by atoms with Crippen molar-refractivity contribution < 1.29 is 4.79 Å². The number of carbonyl (C=O) groups excluding carboxylic acids is 1. The highest BCUT2D eigenvalue weighted by Gasteiger charge is 2.37. The Balaban J connectivity index is 1.30. The number of aromatic nitrogens is 3. The van der Waals surface area contributed by atoms with E-state index in [1.165, 1.54) is 42.8 Å². The Morgan fingerprint density at radius 1 is 1.11 bits per heavy atom. The first-order chi connectivity index (χ1) is 13.2. The van der Waals surface area contributed by atoms with E-state index in [9.17, 15) is 4.79 Å². The second-order valence-corrected chi connectivity index (χ2v) is 8.84. The summed E-state index contributed by atoms with van der Waals surface area (Å²) in [5, 5.41) is 14.8. The van der Waals surface area contributed by atoms with E-state index < -0.39 is 0 Å². The van der Waals surface area contributed by atoms with Crippen molar-refractivity contribution in [2.24, 2.45) is 0 Å². The van der Waals surface area contributed by atoms with Crippen LogP contribution in [0.25, 0.3) is 10.8 Å². The average Bonchev–Trinajstić information content (AvgIpc) is 3.60. The summed E-state index contributed by atoms with van der Waals surface area (Å²) in [6.45, 7) is 1.93. The molecule has 0 spiro atoms. The summed E-state index contributed by atoms with van der Waals surface area (Å²) < 4.78 is 2.29. The molecule has 0 aliphatic heterocycles. The summed E-state index contributed by atoms with van der Waals surface area (Å²) in [7, 11) is 0. The van der Waals surface area contributed by atoms with Gasteiger partial charge >= 0.3 is 0 Å². The molecule has 0 saturated heterocycles. The first kappa shape index (κ1) is 16.8. The predicted molar refractivity (Wildman–Crippen MR) is 108 cm³/mol. The molecule has 1 heterocycles. The lowest BCUT2D eigenvalue weighted by Crippen LogP contribution is -2.23. The summed E-state index contributed by atoms with van der Waals surface area (Å²) in [6.07, 6.45) is 4.83. The van der Waals surface area contributed by atoms with E-state index in [1.807, 2.05) is 37.3 Å². The number of benzene rings is 2. The molecular weight excluding hydrogens is 356 g/mol. The summed E-state index contributed by atoms with van der Waals surface area (Å²) in [5.74, 6) is 1.70. The smallest absolute Gasteiger partial charge is 0.237 e. The highest BCUT2D eigenvalue weighted by atomic mass is 32.2. The fraction of sp³-hybridized carbons (Fsp3) is 0.381. The van der Waals surface area contributed by atoms with Crippen LogP contribution in [-0.4, -0.2) is 25.9 Å². The molecule has 3 aromatic rings. The molecule has 1 amide bonds. The topological polar surface area (TPSA) is 59.8 Å². The minimum absolute atomic E-state index is 0.00593. The van der Waals surface area contributed by atoms with Gasteiger partial charge in [-0.1, -0.05) is 42.1 Å². The van der Waals surface area contributed by atoms with Crippen molar-refractivity contribution in [1.82, 2.24) is 14.8 Å². The van der Waals surface area contributed by atoms with E-state index in [1.54, 1.807) is 0 Å². The highest BCUT2D eigenvalue weighted by Crippen LogP contribution is 2.46. The summed E-state index contributed by atoms with van der Waals surface area (Å²) in [4.78, 5) is 12.7. The Morgan fingerprint density at radius 2 is 1.89 bits per heavy atom. The van der Waals surface area contributed by atoms with Gasteiger partial charge in [-0.3, -0.25) is 4.79 Å². The Morgan fingerprint density at radius 3 is 2.63 bits per heavy atom. The lowest BCUT2D eigenvalue weighted by molar-refractivity contribution is -0.115. The van der Waals surface area contributed by atoms with Gasteiger partial charge in [0.2, 0.25) is 5.91 Å². The monoisotopic (exact) mass is 378 g/mol. The van der Waals surface area contributed by atoms with Crippen LogP contribution in [0.15, 0.2) is 47.6 Å². The number of rotatable bonds is 6. The number of carbonyl (C=O) groups is 1. The van der Waals surface area contributed by atoms with Gasteiger partial charge in [-0.2, -0.15) is 0 Å². The molecule has 2 saturated carbocycles. The van der Waals surface area contributed by atoms with Crippen LogP contribution in [0.3, 0.4) is 0 Å². The van der Waals surface area contributed by atoms with E-state index >= 15 is 0 Å². The quantitative estimate of drug-likeness (QED) is 0.628. The molecule has 1 aromatic heterocycles. The van der Waals surface area contributed by atoms with Gasteiger partial charge < -0.3 is 9.88 Å². The largest absolute Gasteiger partial charge is 0.325 e. The fourth-order valence-electron chi connectivity index (χ4n) is 3.39. The van der Waals surface area contributed by atoms with Gasteiger partial charge in [-0.15, -0.1) is 10.2 Å². The van der Waals surface area contributed by atoms with E-state index in [4.69, 9.17) is 0 Å². The molecule has 0 bridgehead atoms. The van der Waals surface area contributed by atoms with E-state index in [0.717, 1.165) is 22.1 Å². The average molecular weight is 379 g/mol. The number of anilines is 1. The molecule has 0 unspecified atom stereocenters. The van der Waals surface area contributed by atoms with Crippen LogP contribution in [0.4, 0.5) is 5.69 Å². The molecule has 1 N–H and O–H groups in total. The van der Waals surface area contributed by atoms with Crippen molar-refractivity contribution in [3.8, 4) is 0 Å². The summed E-state index contributed by atoms with van der Waals surface area (Å²) in [5.41, 5.74) is 0.827. The van der Waals surface area contributed by atoms with Crippen molar-refractivity contribution in [2.75, 3.05) is 5.32 Å². The predicted octanol–water partition coefficient (Wildman–Crippen LogP) is 4.76. The van der Waals surface area contributed by atoms with Crippen molar-refractivity contribution in [3.05, 3.63) is 48.3 Å². The lowest BCUT2D eigenvalue weighted by Gasteiger charge is -2.13. The van der Waals surface area contributed by atoms with E-state index in [2.05, 4.69) is 32.2 Å². The molecule has 2 aromatic carbocycles. The molecule has 2 aliphatic rings. The maximum Gasteiger partial charge on any atom is 0.237 e. The molecular formula is C21H22N4OS. The van der Waals surface area contributed by atoms with Crippen LogP contribution >= 0.6 is 11.8 Å². The van der Waals surface area contributed by atoms with Crippen LogP contribution in [0.5, 0.6) is 0 Å². The van der Waals surface area contributed by atoms with Crippen LogP contribution in [-0.2, 0) is 4.79 Å². The standard InChI is InChI=1S/C21H22N4OS/c1-13(20(26)22-17-9-8-14-4-2-3-5-16(14)12-17)27-21-24-23-19(15-6-7-15)25(21)18-10-11-18/h2-5,8-9,12-13,15,18H,6-7,10-11H2,1H3,(H,22,26)/t13-/m1/s1. The zero-order chi connectivity index (χ0) is 18.4. The first-order valence-corrected chi connectivity index (χ1v) is 10.5. The van der Waals surface area contributed by atoms with Gasteiger partial charge in [0.15, 0.2) is 5.16 Å². The van der Waals surface area contributed by atoms with E-state index in [0.29, 0.717) is 12.0 Å². The van der Waals surface area contributed by atoms with Gasteiger partial charge in [0.1, 0.15) is 5.82 Å². The van der Waals surface area contributed by atoms with Gasteiger partial charge in [0, 0.05) is 17.6 Å². The van der Waals surface area contributed by atoms with Crippen molar-refractivity contribution in [3.63, 3.8) is 0 Å². The third kappa shape index (κ3) is 3.46. The maximum atomic E-state index is 12.7. The highest BCUT2D eigenvalue weighted by molar-refractivity contribution is 8.00. The second kappa shape index (κ2) is 6.68. The molecule has 1 atom stereocenters. The molecule has 5 nitrogen and oxygen atoms in total. The SMILES string of the molecule is C[C@@H](Sc1nnc(C2CC2)n1C1CC1)C(=O)Nc1ccc2ccccc2c1. The first-order valence-electron chi connectivity index (χ1n) is 9.60. The van der Waals surface area contributed by atoms with E-state index in [-0.39, 0.29) is 11.2 Å². The number of hydrogen-bond donors (Lipinski definition) is 1.